The van der Waals surface area contributed by atoms with Gasteiger partial charge >= 0.3 is 0 Å². The van der Waals surface area contributed by atoms with Gasteiger partial charge in [0.15, 0.2) is 0 Å². The molecule has 0 atom stereocenters. The lowest BCUT2D eigenvalue weighted by molar-refractivity contribution is 0.959. The minimum Gasteiger partial charge on any atom is -0.330 e. The summed E-state index contributed by atoms with van der Waals surface area (Å²) in [6, 6.07) is 9.70. The number of nitriles is 1. The highest BCUT2D eigenvalue weighted by Gasteiger charge is 1.86. The number of hydrogen-bond acceptors (Lipinski definition) is 4. The van der Waals surface area contributed by atoms with Gasteiger partial charge in [0.2, 0.25) is 0 Å². The summed E-state index contributed by atoms with van der Waals surface area (Å²) in [4.78, 5) is 7.80. The quantitative estimate of drug-likeness (QED) is 0.886. The van der Waals surface area contributed by atoms with E-state index >= 15 is 0 Å². The van der Waals surface area contributed by atoms with Crippen LogP contribution >= 0.6 is 0 Å². The number of pyridine rings is 2. The first-order chi connectivity index (χ1) is 8.86. The molecule has 0 unspecified atom stereocenters. The van der Waals surface area contributed by atoms with Crippen molar-refractivity contribution in [3.05, 3.63) is 60.2 Å². The second-order valence-electron chi connectivity index (χ2n) is 3.60. The van der Waals surface area contributed by atoms with Gasteiger partial charge in [0.05, 0.1) is 12.5 Å². The van der Waals surface area contributed by atoms with E-state index in [-0.39, 0.29) is 0 Å². The lowest BCUT2D eigenvalue weighted by Crippen LogP contribution is -2.02. The molecule has 4 heteroatoms. The Morgan fingerprint density at radius 1 is 1.06 bits per heavy atom. The van der Waals surface area contributed by atoms with E-state index in [1.165, 1.54) is 5.56 Å². The zero-order valence-corrected chi connectivity index (χ0v) is 10.2. The van der Waals surface area contributed by atoms with Crippen molar-refractivity contribution in [1.29, 1.82) is 5.26 Å². The monoisotopic (exact) mass is 240 g/mol. The fourth-order valence-electron chi connectivity index (χ4n) is 1.31. The van der Waals surface area contributed by atoms with Gasteiger partial charge in [-0.05, 0) is 36.2 Å². The van der Waals surface area contributed by atoms with Crippen LogP contribution < -0.4 is 5.73 Å². The maximum absolute atomic E-state index is 8.24. The molecule has 2 heterocycles. The summed E-state index contributed by atoms with van der Waals surface area (Å²) in [5.74, 6) is 0. The molecule has 0 spiro atoms. The lowest BCUT2D eigenvalue weighted by Gasteiger charge is -1.93. The predicted octanol–water partition coefficient (Wildman–Crippen LogP) is 1.73. The van der Waals surface area contributed by atoms with Crippen molar-refractivity contribution in [2.24, 2.45) is 5.73 Å². The van der Waals surface area contributed by atoms with Crippen LogP contribution in [0.15, 0.2) is 49.1 Å². The van der Waals surface area contributed by atoms with E-state index < -0.39 is 0 Å². The first-order valence-corrected chi connectivity index (χ1v) is 5.71. The fraction of sp³-hybridized carbons (Fsp3) is 0.214. The summed E-state index contributed by atoms with van der Waals surface area (Å²) in [5, 5.41) is 8.24. The Kier molecular flexibility index (Phi) is 6.79. The number of rotatable bonds is 3. The SMILES string of the molecule is N#CCc1cccnc1.NCCc1cccnc1. The zero-order chi connectivity index (χ0) is 13.1. The summed E-state index contributed by atoms with van der Waals surface area (Å²) in [7, 11) is 0. The van der Waals surface area contributed by atoms with Gasteiger partial charge in [0.25, 0.3) is 0 Å². The highest BCUT2D eigenvalue weighted by atomic mass is 14.6. The summed E-state index contributed by atoms with van der Waals surface area (Å²) in [5.41, 5.74) is 7.51. The van der Waals surface area contributed by atoms with E-state index in [9.17, 15) is 0 Å². The van der Waals surface area contributed by atoms with Crippen molar-refractivity contribution in [3.8, 4) is 6.07 Å². The topological polar surface area (TPSA) is 75.6 Å². The molecule has 2 rings (SSSR count). The van der Waals surface area contributed by atoms with Gasteiger partial charge in [-0.1, -0.05) is 12.1 Å². The summed E-state index contributed by atoms with van der Waals surface area (Å²) in [6.45, 7) is 0.700. The largest absolute Gasteiger partial charge is 0.330 e. The average Bonchev–Trinajstić information content (AvgIpc) is 2.43. The average molecular weight is 240 g/mol. The van der Waals surface area contributed by atoms with Gasteiger partial charge in [-0.2, -0.15) is 5.26 Å². The molecule has 2 aromatic rings. The van der Waals surface area contributed by atoms with Crippen LogP contribution in [-0.4, -0.2) is 16.5 Å². The van der Waals surface area contributed by atoms with Crippen LogP contribution in [0.5, 0.6) is 0 Å². The first-order valence-electron chi connectivity index (χ1n) is 5.71. The fourth-order valence-corrected chi connectivity index (χ4v) is 1.31. The van der Waals surface area contributed by atoms with Crippen LogP contribution in [0, 0.1) is 11.3 Å². The molecule has 0 aliphatic heterocycles. The molecule has 18 heavy (non-hydrogen) atoms. The zero-order valence-electron chi connectivity index (χ0n) is 10.2. The molecule has 92 valence electrons. The third kappa shape index (κ3) is 5.73. The van der Waals surface area contributed by atoms with Crippen molar-refractivity contribution in [3.63, 3.8) is 0 Å². The molecule has 0 aliphatic carbocycles. The molecule has 0 aliphatic rings. The molecule has 0 fully saturated rings. The Hall–Kier alpha value is -2.25. The van der Waals surface area contributed by atoms with Crippen molar-refractivity contribution >= 4 is 0 Å². The standard InChI is InChI=1S/C7H10N2.C7H6N2/c2*8-4-3-7-2-1-5-9-6-7/h1-2,5-6H,3-4,8H2;1-2,5-6H,3H2. The summed E-state index contributed by atoms with van der Waals surface area (Å²) < 4.78 is 0. The smallest absolute Gasteiger partial charge is 0.0670 e. The van der Waals surface area contributed by atoms with Gasteiger partial charge in [-0.25, -0.2) is 0 Å². The number of aromatic nitrogens is 2. The molecular formula is C14H16N4. The third-order valence-electron chi connectivity index (χ3n) is 2.16. The van der Waals surface area contributed by atoms with Gasteiger partial charge in [0, 0.05) is 24.8 Å². The van der Waals surface area contributed by atoms with Gasteiger partial charge < -0.3 is 5.73 Å². The first kappa shape index (κ1) is 13.8. The van der Waals surface area contributed by atoms with Gasteiger partial charge in [-0.15, -0.1) is 0 Å². The molecule has 0 amide bonds. The number of nitrogens with zero attached hydrogens (tertiary/aromatic N) is 3. The molecule has 0 saturated carbocycles. The van der Waals surface area contributed by atoms with Crippen LogP contribution in [0.1, 0.15) is 11.1 Å². The predicted molar refractivity (Wildman–Crippen MR) is 70.5 cm³/mol. The van der Waals surface area contributed by atoms with E-state index in [2.05, 4.69) is 9.97 Å². The van der Waals surface area contributed by atoms with Crippen molar-refractivity contribution in [2.45, 2.75) is 12.8 Å². The van der Waals surface area contributed by atoms with E-state index in [0.717, 1.165) is 12.0 Å². The minimum atomic E-state index is 0.452. The van der Waals surface area contributed by atoms with Crippen molar-refractivity contribution in [1.82, 2.24) is 9.97 Å². The second-order valence-corrected chi connectivity index (χ2v) is 3.60. The summed E-state index contributed by atoms with van der Waals surface area (Å²) in [6.07, 6.45) is 8.37. The number of nitrogens with two attached hydrogens (primary N) is 1. The van der Waals surface area contributed by atoms with Crippen LogP contribution in [0.3, 0.4) is 0 Å². The Morgan fingerprint density at radius 2 is 1.67 bits per heavy atom. The van der Waals surface area contributed by atoms with E-state index in [1.54, 1.807) is 18.6 Å². The van der Waals surface area contributed by atoms with E-state index in [1.807, 2.05) is 36.5 Å². The molecule has 0 aromatic carbocycles. The maximum atomic E-state index is 8.24. The van der Waals surface area contributed by atoms with Crippen molar-refractivity contribution in [2.75, 3.05) is 6.54 Å². The molecule has 2 aromatic heterocycles. The van der Waals surface area contributed by atoms with Crippen LogP contribution in [-0.2, 0) is 12.8 Å². The minimum absolute atomic E-state index is 0.452. The lowest BCUT2D eigenvalue weighted by atomic mass is 10.2. The molecule has 0 radical (unpaired) electrons. The Labute approximate surface area is 107 Å². The molecular weight excluding hydrogens is 224 g/mol. The summed E-state index contributed by atoms with van der Waals surface area (Å²) >= 11 is 0. The van der Waals surface area contributed by atoms with Crippen LogP contribution in [0.25, 0.3) is 0 Å². The number of hydrogen-bond donors (Lipinski definition) is 1. The Bertz CT molecular complexity index is 462. The Balaban J connectivity index is 0.000000180. The highest BCUT2D eigenvalue weighted by molar-refractivity contribution is 5.12. The molecule has 4 nitrogen and oxygen atoms in total. The highest BCUT2D eigenvalue weighted by Crippen LogP contribution is 1.94. The van der Waals surface area contributed by atoms with Gasteiger partial charge in [0.1, 0.15) is 0 Å². The normalized spacial score (nSPS) is 8.89. The van der Waals surface area contributed by atoms with Gasteiger partial charge in [-0.3, -0.25) is 9.97 Å². The van der Waals surface area contributed by atoms with E-state index in [0.29, 0.717) is 13.0 Å². The maximum Gasteiger partial charge on any atom is 0.0670 e. The van der Waals surface area contributed by atoms with Crippen LogP contribution in [0.4, 0.5) is 0 Å². The third-order valence-corrected chi connectivity index (χ3v) is 2.16. The molecule has 2 N–H and O–H groups in total. The second kappa shape index (κ2) is 8.85. The van der Waals surface area contributed by atoms with Crippen molar-refractivity contribution < 1.29 is 0 Å². The molecule has 0 bridgehead atoms. The molecule has 0 saturated heterocycles. The Morgan fingerprint density at radius 3 is 2.11 bits per heavy atom. The van der Waals surface area contributed by atoms with Crippen LogP contribution in [0.2, 0.25) is 0 Å². The van der Waals surface area contributed by atoms with E-state index in [4.69, 9.17) is 11.0 Å².